The zero-order chi connectivity index (χ0) is 36.2. The van der Waals surface area contributed by atoms with Crippen molar-refractivity contribution >= 4 is 17.7 Å². The highest BCUT2D eigenvalue weighted by Crippen LogP contribution is 2.74. The van der Waals surface area contributed by atoms with E-state index in [0.717, 1.165) is 31.8 Å². The van der Waals surface area contributed by atoms with Crippen molar-refractivity contribution in [1.82, 2.24) is 0 Å². The number of hydrogen-bond acceptors (Lipinski definition) is 11. The summed E-state index contributed by atoms with van der Waals surface area (Å²) < 4.78 is 17.0. The second-order valence-corrected chi connectivity index (χ2v) is 17.8. The standard InChI is InChI=1S/C37H56O12/c1-17(39)47-28-22(16-38)48-31(27(43)26(28)42)49-30-21(40)15-34(4)23-9-8-20-19-14-33(2,3)12-10-18(19)25(41)29(44)37(20,7)35(23,5)13-11-24(34)36(30,6)32(45)46/h8,18-19,21-28,30-31,38,40-43H,9-16H2,1-7H3,(H,45,46)/t18-,19+,21-,22+,23+,24?,25+,26+,27+,28+,30-,31-,34+,35+,36-,37-/m0/s1. The summed E-state index contributed by atoms with van der Waals surface area (Å²) in [5.74, 6) is -2.86. The number of aliphatic hydroxyl groups is 5. The van der Waals surface area contributed by atoms with Crippen molar-refractivity contribution in [3.05, 3.63) is 11.6 Å². The van der Waals surface area contributed by atoms with Crippen LogP contribution in [0.15, 0.2) is 11.6 Å². The van der Waals surface area contributed by atoms with Crippen molar-refractivity contribution in [3.63, 3.8) is 0 Å². The van der Waals surface area contributed by atoms with Crippen LogP contribution >= 0.6 is 0 Å². The predicted molar refractivity (Wildman–Crippen MR) is 173 cm³/mol. The number of ether oxygens (including phenoxy) is 3. The number of carboxylic acid groups (broad SMARTS) is 1. The van der Waals surface area contributed by atoms with Gasteiger partial charge in [-0.1, -0.05) is 39.3 Å². The highest BCUT2D eigenvalue weighted by Gasteiger charge is 2.73. The fraction of sp³-hybridized carbons (Fsp3) is 0.865. The van der Waals surface area contributed by atoms with E-state index in [-0.39, 0.29) is 35.4 Å². The maximum Gasteiger partial charge on any atom is 0.312 e. The zero-order valence-corrected chi connectivity index (χ0v) is 29.8. The lowest BCUT2D eigenvalue weighted by molar-refractivity contribution is -0.340. The molecule has 1 saturated heterocycles. The van der Waals surface area contributed by atoms with Crippen molar-refractivity contribution in [3.8, 4) is 0 Å². The van der Waals surface area contributed by atoms with Crippen molar-refractivity contribution in [2.24, 2.45) is 50.7 Å². The van der Waals surface area contributed by atoms with Gasteiger partial charge in [0.25, 0.3) is 0 Å². The lowest BCUT2D eigenvalue weighted by atomic mass is 9.34. The zero-order valence-electron chi connectivity index (χ0n) is 29.8. The predicted octanol–water partition coefficient (Wildman–Crippen LogP) is 2.36. The van der Waals surface area contributed by atoms with E-state index >= 15 is 0 Å². The van der Waals surface area contributed by atoms with Crippen LogP contribution in [0.25, 0.3) is 0 Å². The van der Waals surface area contributed by atoms with E-state index in [1.54, 1.807) is 6.92 Å². The van der Waals surface area contributed by atoms with Crippen LogP contribution in [0.5, 0.6) is 0 Å². The molecule has 0 spiro atoms. The van der Waals surface area contributed by atoms with Gasteiger partial charge in [-0.2, -0.15) is 0 Å². The Hall–Kier alpha value is -1.93. The van der Waals surface area contributed by atoms with E-state index in [0.29, 0.717) is 19.3 Å². The van der Waals surface area contributed by atoms with Crippen LogP contribution in [0.2, 0.25) is 0 Å². The molecule has 1 heterocycles. The van der Waals surface area contributed by atoms with Gasteiger partial charge in [0.05, 0.1) is 23.5 Å². The van der Waals surface area contributed by atoms with Gasteiger partial charge in [-0.25, -0.2) is 0 Å². The molecule has 4 saturated carbocycles. The number of aliphatic carboxylic acids is 1. The number of aliphatic hydroxyl groups excluding tert-OH is 5. The monoisotopic (exact) mass is 692 g/mol. The number of fused-ring (bicyclic) bond motifs is 7. The first-order chi connectivity index (χ1) is 22.7. The van der Waals surface area contributed by atoms with Gasteiger partial charge >= 0.3 is 11.9 Å². The Morgan fingerprint density at radius 3 is 2.24 bits per heavy atom. The molecular formula is C37H56O12. The summed E-state index contributed by atoms with van der Waals surface area (Å²) in [4.78, 5) is 39.5. The molecule has 276 valence electrons. The first kappa shape index (κ1) is 36.8. The highest BCUT2D eigenvalue weighted by molar-refractivity contribution is 5.94. The van der Waals surface area contributed by atoms with Gasteiger partial charge < -0.3 is 44.8 Å². The lowest BCUT2D eigenvalue weighted by Crippen LogP contribution is -2.71. The van der Waals surface area contributed by atoms with E-state index in [1.807, 2.05) is 13.8 Å². The Bertz CT molecular complexity index is 1390. The molecule has 6 N–H and O–H groups in total. The number of carbonyl (C=O) groups is 3. The minimum absolute atomic E-state index is 0.0838. The molecule has 0 aromatic heterocycles. The number of ketones is 1. The normalized spacial score (nSPS) is 52.1. The van der Waals surface area contributed by atoms with Crippen LogP contribution in [-0.4, -0.2) is 104 Å². The van der Waals surface area contributed by atoms with E-state index < -0.39 is 95.1 Å². The Balaban J connectivity index is 1.35. The third kappa shape index (κ3) is 5.13. The Kier molecular flexibility index (Phi) is 9.07. The molecular weight excluding hydrogens is 636 g/mol. The van der Waals surface area contributed by atoms with Crippen LogP contribution in [0, 0.1) is 50.7 Å². The van der Waals surface area contributed by atoms with Crippen LogP contribution in [0.3, 0.4) is 0 Å². The van der Waals surface area contributed by atoms with Crippen molar-refractivity contribution in [1.29, 1.82) is 0 Å². The summed E-state index contributed by atoms with van der Waals surface area (Å²) in [7, 11) is 0. The van der Waals surface area contributed by atoms with E-state index in [2.05, 4.69) is 26.8 Å². The number of hydrogen-bond donors (Lipinski definition) is 6. The molecule has 5 fully saturated rings. The molecule has 5 aliphatic carbocycles. The first-order valence-corrected chi connectivity index (χ1v) is 18.0. The van der Waals surface area contributed by atoms with Gasteiger partial charge in [0.15, 0.2) is 18.2 Å². The average molecular weight is 693 g/mol. The Morgan fingerprint density at radius 1 is 0.959 bits per heavy atom. The molecule has 0 aromatic carbocycles. The SMILES string of the molecule is CC(=O)O[C@H]1[C@H](O)[C@@H](O)[C@H](O[C@H]2[C@@H](O)C[C@@]3(C)C(CC[C@]4(C)[C@@H]3CC=C3[C@@H]5CC(C)(C)CC[C@@H]5[C@@H](O)C(=O)[C@]34C)[C@]2(C)C(=O)O)O[C@@H]1CO. The Labute approximate surface area is 288 Å². The Morgan fingerprint density at radius 2 is 1.63 bits per heavy atom. The van der Waals surface area contributed by atoms with E-state index in [9.17, 15) is 45.0 Å². The molecule has 12 nitrogen and oxygen atoms in total. The third-order valence-electron chi connectivity index (χ3n) is 14.8. The molecule has 0 radical (unpaired) electrons. The second-order valence-electron chi connectivity index (χ2n) is 17.8. The van der Waals surface area contributed by atoms with E-state index in [4.69, 9.17) is 14.2 Å². The van der Waals surface area contributed by atoms with Crippen molar-refractivity contribution in [2.75, 3.05) is 6.61 Å². The summed E-state index contributed by atoms with van der Waals surface area (Å²) in [5, 5.41) is 66.1. The molecule has 0 bridgehead atoms. The number of carbonyl (C=O) groups excluding carboxylic acids is 2. The number of carboxylic acids is 1. The summed E-state index contributed by atoms with van der Waals surface area (Å²) in [6.07, 6.45) is -5.04. The molecule has 49 heavy (non-hydrogen) atoms. The molecule has 0 aromatic rings. The minimum atomic E-state index is -1.78. The second kappa shape index (κ2) is 12.1. The fourth-order valence-corrected chi connectivity index (χ4v) is 12.2. The highest BCUT2D eigenvalue weighted by atomic mass is 16.7. The minimum Gasteiger partial charge on any atom is -0.481 e. The van der Waals surface area contributed by atoms with Crippen molar-refractivity contribution in [2.45, 2.75) is 142 Å². The van der Waals surface area contributed by atoms with Gasteiger partial charge in [0.1, 0.15) is 30.5 Å². The number of allylic oxidation sites excluding steroid dienone is 2. The number of Topliss-reactive ketones (excluding diaryl/α,β-unsaturated/α-hetero) is 1. The quantitative estimate of drug-likeness (QED) is 0.140. The van der Waals surface area contributed by atoms with Gasteiger partial charge in [0, 0.05) is 6.92 Å². The number of esters is 1. The summed E-state index contributed by atoms with van der Waals surface area (Å²) in [6.45, 7) is 12.6. The van der Waals surface area contributed by atoms with Crippen LogP contribution in [0.1, 0.15) is 93.4 Å². The molecule has 12 heteroatoms. The fourth-order valence-electron chi connectivity index (χ4n) is 12.2. The van der Waals surface area contributed by atoms with E-state index in [1.165, 1.54) is 0 Å². The van der Waals surface area contributed by atoms with Gasteiger partial charge in [0.2, 0.25) is 0 Å². The maximum absolute atomic E-state index is 14.4. The molecule has 0 amide bonds. The topological polar surface area (TPSA) is 200 Å². The van der Waals surface area contributed by atoms with Gasteiger partial charge in [-0.3, -0.25) is 14.4 Å². The van der Waals surface area contributed by atoms with Gasteiger partial charge in [-0.05, 0) is 98.7 Å². The largest absolute Gasteiger partial charge is 0.481 e. The molecule has 1 aliphatic heterocycles. The molecule has 1 unspecified atom stereocenters. The smallest absolute Gasteiger partial charge is 0.312 e. The molecule has 16 atom stereocenters. The van der Waals surface area contributed by atoms with Crippen molar-refractivity contribution < 1.29 is 59.2 Å². The maximum atomic E-state index is 14.4. The third-order valence-corrected chi connectivity index (χ3v) is 14.8. The first-order valence-electron chi connectivity index (χ1n) is 18.0. The summed E-state index contributed by atoms with van der Waals surface area (Å²) in [6, 6.07) is 0. The van der Waals surface area contributed by atoms with Crippen LogP contribution < -0.4 is 0 Å². The van der Waals surface area contributed by atoms with Crippen LogP contribution in [0.4, 0.5) is 0 Å². The summed E-state index contributed by atoms with van der Waals surface area (Å²) in [5.41, 5.74) is -2.83. The molecule has 6 rings (SSSR count). The summed E-state index contributed by atoms with van der Waals surface area (Å²) >= 11 is 0. The number of rotatable bonds is 5. The average Bonchev–Trinajstić information content (AvgIpc) is 3.01. The molecule has 6 aliphatic rings. The van der Waals surface area contributed by atoms with Crippen LogP contribution in [-0.2, 0) is 28.6 Å². The lowest BCUT2D eigenvalue weighted by Gasteiger charge is -2.70. The van der Waals surface area contributed by atoms with Gasteiger partial charge in [-0.15, -0.1) is 0 Å².